The predicted octanol–water partition coefficient (Wildman–Crippen LogP) is 2.91. The van der Waals surface area contributed by atoms with Crippen LogP contribution >= 0.6 is 0 Å². The van der Waals surface area contributed by atoms with Gasteiger partial charge in [0, 0.05) is 12.2 Å². The lowest BCUT2D eigenvalue weighted by molar-refractivity contribution is -0.137. The van der Waals surface area contributed by atoms with Crippen LogP contribution in [0.15, 0.2) is 24.3 Å². The van der Waals surface area contributed by atoms with Gasteiger partial charge in [-0.1, -0.05) is 18.2 Å². The first kappa shape index (κ1) is 13.4. The largest absolute Gasteiger partial charge is 0.416 e. The number of halogens is 3. The molecule has 0 saturated carbocycles. The van der Waals surface area contributed by atoms with E-state index >= 15 is 0 Å². The molecule has 0 saturated heterocycles. The van der Waals surface area contributed by atoms with Crippen LogP contribution in [-0.2, 0) is 6.18 Å². The van der Waals surface area contributed by atoms with Crippen molar-refractivity contribution in [2.75, 3.05) is 6.61 Å². The highest BCUT2D eigenvalue weighted by Crippen LogP contribution is 2.30. The van der Waals surface area contributed by atoms with Gasteiger partial charge in [-0.3, -0.25) is 4.79 Å². The zero-order chi connectivity index (χ0) is 12.9. The molecule has 0 amide bonds. The molecule has 0 aromatic heterocycles. The molecule has 0 aliphatic rings. The smallest absolute Gasteiger partial charge is 0.396 e. The van der Waals surface area contributed by atoms with Gasteiger partial charge < -0.3 is 5.11 Å². The van der Waals surface area contributed by atoms with E-state index in [1.165, 1.54) is 12.1 Å². The summed E-state index contributed by atoms with van der Waals surface area (Å²) < 4.78 is 37.1. The molecule has 0 spiro atoms. The maximum atomic E-state index is 12.4. The van der Waals surface area contributed by atoms with Gasteiger partial charge in [0.1, 0.15) is 0 Å². The van der Waals surface area contributed by atoms with Crippen molar-refractivity contribution in [1.82, 2.24) is 0 Å². The van der Waals surface area contributed by atoms with Crippen molar-refractivity contribution in [1.29, 1.82) is 0 Å². The Morgan fingerprint density at radius 3 is 2.47 bits per heavy atom. The van der Waals surface area contributed by atoms with E-state index in [0.29, 0.717) is 18.3 Å². The van der Waals surface area contributed by atoms with Crippen LogP contribution in [0.3, 0.4) is 0 Å². The van der Waals surface area contributed by atoms with E-state index in [9.17, 15) is 18.0 Å². The van der Waals surface area contributed by atoms with Crippen molar-refractivity contribution in [3.8, 4) is 0 Å². The highest BCUT2D eigenvalue weighted by Gasteiger charge is 2.30. The molecule has 1 rings (SSSR count). The maximum Gasteiger partial charge on any atom is 0.416 e. The SMILES string of the molecule is O=Cc1cc(C(F)(F)F)ccc1C=CCCO. The Labute approximate surface area is 96.4 Å². The summed E-state index contributed by atoms with van der Waals surface area (Å²) in [5, 5.41) is 8.55. The Balaban J connectivity index is 3.06. The van der Waals surface area contributed by atoms with Crippen LogP contribution in [0.1, 0.15) is 27.9 Å². The van der Waals surface area contributed by atoms with Crippen LogP contribution in [0.25, 0.3) is 6.08 Å². The number of carbonyl (C=O) groups is 1. The zero-order valence-electron chi connectivity index (χ0n) is 8.87. The van der Waals surface area contributed by atoms with Gasteiger partial charge in [-0.15, -0.1) is 0 Å². The minimum absolute atomic E-state index is 0.0194. The standard InChI is InChI=1S/C12H11F3O2/c13-12(14,15)11-5-4-9(3-1-2-6-16)10(7-11)8-17/h1,3-5,7-8,16H,2,6H2. The van der Waals surface area contributed by atoms with Crippen molar-refractivity contribution >= 4 is 12.4 Å². The van der Waals surface area contributed by atoms with Gasteiger partial charge in [0.25, 0.3) is 0 Å². The van der Waals surface area contributed by atoms with E-state index in [1.54, 1.807) is 6.08 Å². The highest BCUT2D eigenvalue weighted by molar-refractivity contribution is 5.82. The molecule has 0 unspecified atom stereocenters. The van der Waals surface area contributed by atoms with Gasteiger partial charge in [0.05, 0.1) is 5.56 Å². The molecule has 0 aliphatic carbocycles. The number of alkyl halides is 3. The van der Waals surface area contributed by atoms with E-state index < -0.39 is 11.7 Å². The number of carbonyl (C=O) groups excluding carboxylic acids is 1. The Hall–Kier alpha value is -1.62. The fourth-order valence-corrected chi connectivity index (χ4v) is 1.29. The molecule has 5 heteroatoms. The molecule has 2 nitrogen and oxygen atoms in total. The third-order valence-corrected chi connectivity index (χ3v) is 2.13. The summed E-state index contributed by atoms with van der Waals surface area (Å²) >= 11 is 0. The first-order valence-electron chi connectivity index (χ1n) is 4.93. The zero-order valence-corrected chi connectivity index (χ0v) is 8.87. The van der Waals surface area contributed by atoms with Gasteiger partial charge in [-0.05, 0) is 24.1 Å². The van der Waals surface area contributed by atoms with E-state index in [-0.39, 0.29) is 12.2 Å². The first-order valence-corrected chi connectivity index (χ1v) is 4.93. The molecule has 1 aromatic carbocycles. The Morgan fingerprint density at radius 1 is 1.24 bits per heavy atom. The van der Waals surface area contributed by atoms with Crippen molar-refractivity contribution in [2.45, 2.75) is 12.6 Å². The van der Waals surface area contributed by atoms with Crippen LogP contribution in [-0.4, -0.2) is 18.0 Å². The Bertz CT molecular complexity index is 422. The van der Waals surface area contributed by atoms with Gasteiger partial charge in [-0.2, -0.15) is 13.2 Å². The maximum absolute atomic E-state index is 12.4. The molecule has 0 bridgehead atoms. The number of aliphatic hydroxyl groups excluding tert-OH is 1. The van der Waals surface area contributed by atoms with Crippen molar-refractivity contribution < 1.29 is 23.1 Å². The lowest BCUT2D eigenvalue weighted by Gasteiger charge is -2.08. The molecule has 0 fully saturated rings. The van der Waals surface area contributed by atoms with Gasteiger partial charge >= 0.3 is 6.18 Å². The van der Waals surface area contributed by atoms with Gasteiger partial charge in [0.2, 0.25) is 0 Å². The Morgan fingerprint density at radius 2 is 1.94 bits per heavy atom. The summed E-state index contributed by atoms with van der Waals surface area (Å²) in [4.78, 5) is 10.7. The third-order valence-electron chi connectivity index (χ3n) is 2.13. The van der Waals surface area contributed by atoms with Crippen molar-refractivity contribution in [3.63, 3.8) is 0 Å². The molecular weight excluding hydrogens is 233 g/mol. The molecule has 1 N–H and O–H groups in total. The average Bonchev–Trinajstić information content (AvgIpc) is 2.28. The Kier molecular flexibility index (Phi) is 4.45. The number of aldehydes is 1. The minimum atomic E-state index is -4.45. The van der Waals surface area contributed by atoms with Gasteiger partial charge in [-0.25, -0.2) is 0 Å². The summed E-state index contributed by atoms with van der Waals surface area (Å²) in [7, 11) is 0. The fourth-order valence-electron chi connectivity index (χ4n) is 1.29. The summed E-state index contributed by atoms with van der Waals surface area (Å²) in [6, 6.07) is 2.97. The summed E-state index contributed by atoms with van der Waals surface area (Å²) in [5.41, 5.74) is -0.464. The number of hydrogen-bond donors (Lipinski definition) is 1. The van der Waals surface area contributed by atoms with E-state index in [2.05, 4.69) is 0 Å². The first-order chi connectivity index (χ1) is 7.99. The highest BCUT2D eigenvalue weighted by atomic mass is 19.4. The molecular formula is C12H11F3O2. The monoisotopic (exact) mass is 244 g/mol. The molecule has 0 radical (unpaired) electrons. The average molecular weight is 244 g/mol. The second-order valence-electron chi connectivity index (χ2n) is 3.37. The van der Waals surface area contributed by atoms with Crippen LogP contribution in [0, 0.1) is 0 Å². The lowest BCUT2D eigenvalue weighted by Crippen LogP contribution is -2.05. The molecule has 92 valence electrons. The molecule has 0 atom stereocenters. The predicted molar refractivity (Wildman–Crippen MR) is 57.6 cm³/mol. The number of aliphatic hydroxyl groups is 1. The third kappa shape index (κ3) is 3.71. The molecule has 0 aliphatic heterocycles. The summed E-state index contributed by atoms with van der Waals surface area (Å²) in [6.45, 7) is -0.0481. The van der Waals surface area contributed by atoms with Gasteiger partial charge in [0.15, 0.2) is 6.29 Å². The minimum Gasteiger partial charge on any atom is -0.396 e. The lowest BCUT2D eigenvalue weighted by atomic mass is 10.0. The van der Waals surface area contributed by atoms with Crippen molar-refractivity contribution in [2.24, 2.45) is 0 Å². The second-order valence-corrected chi connectivity index (χ2v) is 3.37. The normalized spacial score (nSPS) is 12.0. The summed E-state index contributed by atoms with van der Waals surface area (Å²) in [6.07, 6.45) is -0.575. The van der Waals surface area contributed by atoms with Crippen LogP contribution < -0.4 is 0 Å². The van der Waals surface area contributed by atoms with Crippen molar-refractivity contribution in [3.05, 3.63) is 41.0 Å². The van der Waals surface area contributed by atoms with E-state index in [0.717, 1.165) is 12.1 Å². The van der Waals surface area contributed by atoms with Crippen LogP contribution in [0.5, 0.6) is 0 Å². The van der Waals surface area contributed by atoms with E-state index in [1.807, 2.05) is 0 Å². The number of hydrogen-bond acceptors (Lipinski definition) is 2. The quantitative estimate of drug-likeness (QED) is 0.827. The number of rotatable bonds is 4. The molecule has 17 heavy (non-hydrogen) atoms. The topological polar surface area (TPSA) is 37.3 Å². The molecule has 0 heterocycles. The fraction of sp³-hybridized carbons (Fsp3) is 0.250. The summed E-state index contributed by atoms with van der Waals surface area (Å²) in [5.74, 6) is 0. The molecule has 1 aromatic rings. The van der Waals surface area contributed by atoms with E-state index in [4.69, 9.17) is 5.11 Å². The number of benzene rings is 1. The van der Waals surface area contributed by atoms with Crippen LogP contribution in [0.4, 0.5) is 13.2 Å². The second kappa shape index (κ2) is 5.63. The van der Waals surface area contributed by atoms with Crippen LogP contribution in [0.2, 0.25) is 0 Å².